The van der Waals surface area contributed by atoms with Gasteiger partial charge in [-0.3, -0.25) is 14.9 Å². The van der Waals surface area contributed by atoms with Crippen LogP contribution in [-0.2, 0) is 12.8 Å². The van der Waals surface area contributed by atoms with Gasteiger partial charge in [0, 0.05) is 10.4 Å². The van der Waals surface area contributed by atoms with E-state index in [0.717, 1.165) is 36.1 Å². The Hall–Kier alpha value is -1.97. The number of halogens is 1. The summed E-state index contributed by atoms with van der Waals surface area (Å²) in [6.07, 6.45) is 3.91. The second-order valence-electron chi connectivity index (χ2n) is 6.27. The van der Waals surface area contributed by atoms with E-state index in [1.165, 1.54) is 11.3 Å². The summed E-state index contributed by atoms with van der Waals surface area (Å²) in [4.78, 5) is 25.6. The Kier molecular flexibility index (Phi) is 6.69. The van der Waals surface area contributed by atoms with Crippen LogP contribution in [0.4, 0.5) is 5.00 Å². The van der Waals surface area contributed by atoms with E-state index in [2.05, 4.69) is 26.6 Å². The van der Waals surface area contributed by atoms with Gasteiger partial charge in [-0.15, -0.1) is 11.3 Å². The summed E-state index contributed by atoms with van der Waals surface area (Å²) >= 11 is 10.1. The highest BCUT2D eigenvalue weighted by molar-refractivity contribution is 9.10. The maximum absolute atomic E-state index is 12.5. The lowest BCUT2D eigenvalue weighted by Gasteiger charge is -2.12. The van der Waals surface area contributed by atoms with Crippen LogP contribution in [0.3, 0.4) is 0 Å². The largest absolute Gasteiger partial charge is 0.493 e. The summed E-state index contributed by atoms with van der Waals surface area (Å²) in [5.74, 6) is -0.176. The van der Waals surface area contributed by atoms with E-state index >= 15 is 0 Å². The number of amides is 2. The minimum absolute atomic E-state index is 0.121. The van der Waals surface area contributed by atoms with Crippen LogP contribution in [0, 0.1) is 0 Å². The zero-order chi connectivity index (χ0) is 20.3. The van der Waals surface area contributed by atoms with Gasteiger partial charge in [0.2, 0.25) is 0 Å². The van der Waals surface area contributed by atoms with Crippen LogP contribution in [-0.4, -0.2) is 23.5 Å². The number of nitrogens with one attached hydrogen (secondary N) is 2. The Bertz CT molecular complexity index is 943. The molecule has 0 fully saturated rings. The first-order valence-electron chi connectivity index (χ1n) is 8.89. The molecule has 1 aliphatic rings. The van der Waals surface area contributed by atoms with Crippen LogP contribution < -0.4 is 21.1 Å². The minimum atomic E-state index is -0.480. The number of hydrogen-bond acceptors (Lipinski definition) is 5. The molecule has 2 aromatic rings. The molecule has 0 atom stereocenters. The van der Waals surface area contributed by atoms with Crippen molar-refractivity contribution in [2.75, 3.05) is 11.9 Å². The van der Waals surface area contributed by atoms with Gasteiger partial charge in [-0.2, -0.15) is 0 Å². The third-order valence-corrected chi connectivity index (χ3v) is 6.40. The molecule has 0 unspecified atom stereocenters. The number of primary amides is 1. The number of aryl methyl sites for hydroxylation is 1. The molecule has 9 heteroatoms. The number of carbonyl (C=O) groups is 2. The summed E-state index contributed by atoms with van der Waals surface area (Å²) in [6, 6.07) is 5.05. The standard InChI is InChI=1S/C19H20BrN3O3S2/c1-2-26-13-8-7-10(9-12(13)20)17(25)22-19(27)23-18-15(16(21)24)11-5-3-4-6-14(11)28-18/h7-9H,2-6H2,1H3,(H2,21,24)(H2,22,23,25,27). The third-order valence-electron chi connectivity index (χ3n) is 4.37. The maximum atomic E-state index is 12.5. The number of hydrogen-bond donors (Lipinski definition) is 3. The van der Waals surface area contributed by atoms with Crippen molar-refractivity contribution in [1.82, 2.24) is 5.32 Å². The first-order chi connectivity index (χ1) is 13.4. The molecule has 3 rings (SSSR count). The molecule has 1 aliphatic carbocycles. The van der Waals surface area contributed by atoms with Crippen molar-refractivity contribution in [3.05, 3.63) is 44.2 Å². The average molecular weight is 482 g/mol. The fourth-order valence-corrected chi connectivity index (χ4v) is 5.19. The van der Waals surface area contributed by atoms with E-state index in [1.807, 2.05) is 6.92 Å². The van der Waals surface area contributed by atoms with Crippen LogP contribution in [0.15, 0.2) is 22.7 Å². The fourth-order valence-electron chi connectivity index (χ4n) is 3.14. The first kappa shape index (κ1) is 20.8. The van der Waals surface area contributed by atoms with Gasteiger partial charge in [0.05, 0.1) is 16.6 Å². The molecule has 1 heterocycles. The second-order valence-corrected chi connectivity index (χ2v) is 8.63. The summed E-state index contributed by atoms with van der Waals surface area (Å²) in [7, 11) is 0. The van der Waals surface area contributed by atoms with Gasteiger partial charge in [-0.25, -0.2) is 0 Å². The molecule has 148 valence electrons. The first-order valence-corrected chi connectivity index (χ1v) is 10.9. The van der Waals surface area contributed by atoms with Gasteiger partial charge in [0.1, 0.15) is 10.8 Å². The van der Waals surface area contributed by atoms with Gasteiger partial charge in [0.15, 0.2) is 5.11 Å². The molecule has 1 aromatic carbocycles. The Morgan fingerprint density at radius 1 is 1.32 bits per heavy atom. The molecular weight excluding hydrogens is 462 g/mol. The normalized spacial score (nSPS) is 12.8. The number of thiophene rings is 1. The number of fused-ring (bicyclic) bond motifs is 1. The van der Waals surface area contributed by atoms with Crippen molar-refractivity contribution >= 4 is 61.4 Å². The van der Waals surface area contributed by atoms with Gasteiger partial charge in [-0.1, -0.05) is 0 Å². The Labute approximate surface area is 181 Å². The number of thiocarbonyl (C=S) groups is 1. The molecular formula is C19H20BrN3O3S2. The van der Waals surface area contributed by atoms with Crippen molar-refractivity contribution in [2.24, 2.45) is 5.73 Å². The Morgan fingerprint density at radius 3 is 2.75 bits per heavy atom. The van der Waals surface area contributed by atoms with Crippen LogP contribution in [0.1, 0.15) is 50.9 Å². The zero-order valence-corrected chi connectivity index (χ0v) is 18.5. The zero-order valence-electron chi connectivity index (χ0n) is 15.3. The molecule has 0 saturated carbocycles. The molecule has 4 N–H and O–H groups in total. The highest BCUT2D eigenvalue weighted by Gasteiger charge is 2.24. The van der Waals surface area contributed by atoms with Gasteiger partial charge < -0.3 is 15.8 Å². The Morgan fingerprint density at radius 2 is 2.07 bits per heavy atom. The lowest BCUT2D eigenvalue weighted by molar-refractivity contribution is 0.0975. The van der Waals surface area contributed by atoms with Gasteiger partial charge in [-0.05, 0) is 84.5 Å². The Balaban J connectivity index is 1.72. The molecule has 0 spiro atoms. The topological polar surface area (TPSA) is 93.4 Å². The van der Waals surface area contributed by atoms with Crippen LogP contribution in [0.5, 0.6) is 5.75 Å². The lowest BCUT2D eigenvalue weighted by atomic mass is 9.95. The van der Waals surface area contributed by atoms with Gasteiger partial charge in [0.25, 0.3) is 11.8 Å². The lowest BCUT2D eigenvalue weighted by Crippen LogP contribution is -2.34. The molecule has 0 bridgehead atoms. The average Bonchev–Trinajstić information content (AvgIpc) is 3.01. The highest BCUT2D eigenvalue weighted by atomic mass is 79.9. The summed E-state index contributed by atoms with van der Waals surface area (Å²) in [5, 5.41) is 6.34. The molecule has 6 nitrogen and oxygen atoms in total. The van der Waals surface area contributed by atoms with Crippen molar-refractivity contribution < 1.29 is 14.3 Å². The van der Waals surface area contributed by atoms with Crippen LogP contribution in [0.2, 0.25) is 0 Å². The number of nitrogens with two attached hydrogens (primary N) is 1. The van der Waals surface area contributed by atoms with Crippen molar-refractivity contribution in [1.29, 1.82) is 0 Å². The summed E-state index contributed by atoms with van der Waals surface area (Å²) < 4.78 is 6.13. The number of ether oxygens (including phenoxy) is 1. The molecule has 0 radical (unpaired) electrons. The SMILES string of the molecule is CCOc1ccc(C(=O)NC(=S)Nc2sc3c(c2C(N)=O)CCCC3)cc1Br. The summed E-state index contributed by atoms with van der Waals surface area (Å²) in [5.41, 5.74) is 7.51. The fraction of sp³-hybridized carbons (Fsp3) is 0.316. The number of rotatable bonds is 5. The third kappa shape index (κ3) is 4.53. The predicted molar refractivity (Wildman–Crippen MR) is 118 cm³/mol. The van der Waals surface area contributed by atoms with E-state index in [9.17, 15) is 9.59 Å². The van der Waals surface area contributed by atoms with E-state index in [-0.39, 0.29) is 11.0 Å². The van der Waals surface area contributed by atoms with Crippen molar-refractivity contribution in [3.63, 3.8) is 0 Å². The molecule has 0 saturated heterocycles. The smallest absolute Gasteiger partial charge is 0.257 e. The number of carbonyl (C=O) groups excluding carboxylic acids is 2. The van der Waals surface area contributed by atoms with E-state index < -0.39 is 5.91 Å². The highest BCUT2D eigenvalue weighted by Crippen LogP contribution is 2.37. The predicted octanol–water partition coefficient (Wildman–Crippen LogP) is 4.01. The molecule has 0 aliphatic heterocycles. The number of anilines is 1. The molecule has 1 aromatic heterocycles. The molecule has 2 amide bonds. The van der Waals surface area contributed by atoms with Crippen molar-refractivity contribution in [2.45, 2.75) is 32.6 Å². The monoisotopic (exact) mass is 481 g/mol. The quantitative estimate of drug-likeness (QED) is 0.560. The second kappa shape index (κ2) is 9.02. The minimum Gasteiger partial charge on any atom is -0.493 e. The van der Waals surface area contributed by atoms with E-state index in [0.29, 0.717) is 33.0 Å². The van der Waals surface area contributed by atoms with E-state index in [1.54, 1.807) is 18.2 Å². The van der Waals surface area contributed by atoms with Crippen molar-refractivity contribution in [3.8, 4) is 5.75 Å². The maximum Gasteiger partial charge on any atom is 0.257 e. The van der Waals surface area contributed by atoms with Gasteiger partial charge >= 0.3 is 0 Å². The number of benzene rings is 1. The summed E-state index contributed by atoms with van der Waals surface area (Å²) in [6.45, 7) is 2.42. The van der Waals surface area contributed by atoms with Crippen LogP contribution in [0.25, 0.3) is 0 Å². The van der Waals surface area contributed by atoms with Crippen LogP contribution >= 0.6 is 39.5 Å². The van der Waals surface area contributed by atoms with E-state index in [4.69, 9.17) is 22.7 Å². The molecule has 28 heavy (non-hydrogen) atoms.